The predicted molar refractivity (Wildman–Crippen MR) is 61.2 cm³/mol. The van der Waals surface area contributed by atoms with Crippen LogP contribution in [0.4, 0.5) is 20.2 Å². The minimum Gasteiger partial charge on any atom is -0.397 e. The topological polar surface area (TPSA) is 38.0 Å². The van der Waals surface area contributed by atoms with Gasteiger partial charge in [0.1, 0.15) is 0 Å². The van der Waals surface area contributed by atoms with Gasteiger partial charge in [-0.05, 0) is 31.4 Å². The van der Waals surface area contributed by atoms with E-state index in [4.69, 9.17) is 5.73 Å². The molecule has 1 saturated carbocycles. The van der Waals surface area contributed by atoms with Crippen LogP contribution < -0.4 is 11.1 Å². The number of benzene rings is 1. The van der Waals surface area contributed by atoms with Gasteiger partial charge in [-0.1, -0.05) is 12.8 Å². The van der Waals surface area contributed by atoms with Gasteiger partial charge in [0.2, 0.25) is 0 Å². The maximum atomic E-state index is 13.5. The van der Waals surface area contributed by atoms with E-state index < -0.39 is 11.6 Å². The molecule has 0 saturated heterocycles. The zero-order valence-electron chi connectivity index (χ0n) is 9.26. The van der Waals surface area contributed by atoms with Gasteiger partial charge in [0.15, 0.2) is 11.6 Å². The Hall–Kier alpha value is -1.32. The first-order valence-electron chi connectivity index (χ1n) is 5.58. The highest BCUT2D eigenvalue weighted by Crippen LogP contribution is 2.35. The van der Waals surface area contributed by atoms with Gasteiger partial charge >= 0.3 is 0 Å². The molecule has 88 valence electrons. The van der Waals surface area contributed by atoms with E-state index >= 15 is 0 Å². The summed E-state index contributed by atoms with van der Waals surface area (Å²) in [6.07, 6.45) is 3.47. The Bertz CT molecular complexity index is 389. The monoisotopic (exact) mass is 226 g/mol. The van der Waals surface area contributed by atoms with Crippen LogP contribution in [0, 0.1) is 17.6 Å². The third kappa shape index (κ3) is 2.43. The highest BCUT2D eigenvalue weighted by atomic mass is 19.2. The lowest BCUT2D eigenvalue weighted by molar-refractivity contribution is 0.509. The summed E-state index contributed by atoms with van der Waals surface area (Å²) in [7, 11) is 0. The van der Waals surface area contributed by atoms with E-state index in [9.17, 15) is 8.78 Å². The highest BCUT2D eigenvalue weighted by molar-refractivity contribution is 5.67. The molecule has 0 heterocycles. The number of nitrogen functional groups attached to an aromatic ring is 1. The number of rotatable bonds is 4. The van der Waals surface area contributed by atoms with Crippen molar-refractivity contribution >= 4 is 11.4 Å². The van der Waals surface area contributed by atoms with Crippen molar-refractivity contribution in [2.45, 2.75) is 32.2 Å². The predicted octanol–water partition coefficient (Wildman–Crippen LogP) is 3.15. The molecule has 0 amide bonds. The van der Waals surface area contributed by atoms with Crippen molar-refractivity contribution in [3.05, 3.63) is 23.8 Å². The second-order valence-corrected chi connectivity index (χ2v) is 4.55. The van der Waals surface area contributed by atoms with Crippen LogP contribution in [-0.4, -0.2) is 6.04 Å². The van der Waals surface area contributed by atoms with Crippen molar-refractivity contribution in [1.82, 2.24) is 0 Å². The summed E-state index contributed by atoms with van der Waals surface area (Å²) in [5.41, 5.74) is 5.96. The van der Waals surface area contributed by atoms with Gasteiger partial charge in [0.05, 0.1) is 11.4 Å². The number of hydrogen-bond donors (Lipinski definition) is 2. The molecule has 2 rings (SSSR count). The molecule has 0 radical (unpaired) electrons. The first-order valence-corrected chi connectivity index (χ1v) is 5.58. The molecule has 1 unspecified atom stereocenters. The minimum absolute atomic E-state index is 0.0909. The summed E-state index contributed by atoms with van der Waals surface area (Å²) in [6.45, 7) is 1.96. The Morgan fingerprint density at radius 1 is 1.44 bits per heavy atom. The van der Waals surface area contributed by atoms with E-state index in [0.29, 0.717) is 0 Å². The first kappa shape index (κ1) is 11.2. The second kappa shape index (κ2) is 4.28. The maximum absolute atomic E-state index is 13.5. The average molecular weight is 226 g/mol. The van der Waals surface area contributed by atoms with Crippen LogP contribution in [0.25, 0.3) is 0 Å². The van der Waals surface area contributed by atoms with Gasteiger partial charge in [0, 0.05) is 6.04 Å². The van der Waals surface area contributed by atoms with Crippen LogP contribution in [0.5, 0.6) is 0 Å². The third-order valence-corrected chi connectivity index (χ3v) is 2.90. The van der Waals surface area contributed by atoms with Crippen LogP contribution in [0.15, 0.2) is 12.1 Å². The molecule has 1 fully saturated rings. The van der Waals surface area contributed by atoms with Crippen LogP contribution in [0.3, 0.4) is 0 Å². The lowest BCUT2D eigenvalue weighted by atomic mass is 10.1. The van der Waals surface area contributed by atoms with Crippen molar-refractivity contribution < 1.29 is 8.78 Å². The highest BCUT2D eigenvalue weighted by Gasteiger charge is 2.24. The molecule has 0 bridgehead atoms. The number of halogens is 2. The van der Waals surface area contributed by atoms with E-state index in [2.05, 4.69) is 5.32 Å². The van der Waals surface area contributed by atoms with E-state index in [-0.39, 0.29) is 17.4 Å². The Morgan fingerprint density at radius 2 is 2.12 bits per heavy atom. The molecule has 4 heteroatoms. The van der Waals surface area contributed by atoms with Crippen LogP contribution in [0.2, 0.25) is 0 Å². The SMILES string of the molecule is CC(CC1CC1)Nc1c(N)ccc(F)c1F. The van der Waals surface area contributed by atoms with E-state index in [1.165, 1.54) is 18.9 Å². The van der Waals surface area contributed by atoms with Crippen molar-refractivity contribution in [1.29, 1.82) is 0 Å². The smallest absolute Gasteiger partial charge is 0.183 e. The molecule has 0 spiro atoms. The number of nitrogens with two attached hydrogens (primary N) is 1. The van der Waals surface area contributed by atoms with Gasteiger partial charge < -0.3 is 11.1 Å². The molecule has 1 aromatic rings. The summed E-state index contributed by atoms with van der Waals surface area (Å²) in [5, 5.41) is 2.95. The van der Waals surface area contributed by atoms with Crippen LogP contribution in [-0.2, 0) is 0 Å². The Balaban J connectivity index is 2.09. The molecule has 1 aliphatic carbocycles. The van der Waals surface area contributed by atoms with Gasteiger partial charge in [-0.3, -0.25) is 0 Å². The lowest BCUT2D eigenvalue weighted by Crippen LogP contribution is -2.18. The third-order valence-electron chi connectivity index (χ3n) is 2.90. The molecule has 3 N–H and O–H groups in total. The molecule has 16 heavy (non-hydrogen) atoms. The summed E-state index contributed by atoms with van der Waals surface area (Å²) in [6, 6.07) is 2.54. The minimum atomic E-state index is -0.886. The number of nitrogens with one attached hydrogen (secondary N) is 1. The van der Waals surface area contributed by atoms with E-state index in [1.807, 2.05) is 6.92 Å². The second-order valence-electron chi connectivity index (χ2n) is 4.55. The van der Waals surface area contributed by atoms with E-state index in [0.717, 1.165) is 18.4 Å². The molecular formula is C12H16F2N2. The summed E-state index contributed by atoms with van der Waals surface area (Å²) >= 11 is 0. The molecular weight excluding hydrogens is 210 g/mol. The van der Waals surface area contributed by atoms with Crippen molar-refractivity contribution in [2.24, 2.45) is 5.92 Å². The Morgan fingerprint density at radius 3 is 2.75 bits per heavy atom. The molecule has 0 aromatic heterocycles. The first-order chi connectivity index (χ1) is 7.58. The maximum Gasteiger partial charge on any atom is 0.183 e. The van der Waals surface area contributed by atoms with Crippen LogP contribution in [0.1, 0.15) is 26.2 Å². The quantitative estimate of drug-likeness (QED) is 0.774. The van der Waals surface area contributed by atoms with E-state index in [1.54, 1.807) is 0 Å². The lowest BCUT2D eigenvalue weighted by Gasteiger charge is -2.17. The van der Waals surface area contributed by atoms with Gasteiger partial charge in [-0.25, -0.2) is 8.78 Å². The molecule has 0 aliphatic heterocycles. The fourth-order valence-corrected chi connectivity index (χ4v) is 1.87. The summed E-state index contributed by atoms with van der Waals surface area (Å²) in [5.74, 6) is -1.02. The normalized spacial score (nSPS) is 17.2. The Labute approximate surface area is 93.8 Å². The average Bonchev–Trinajstić information content (AvgIpc) is 3.02. The fourth-order valence-electron chi connectivity index (χ4n) is 1.87. The van der Waals surface area contributed by atoms with Gasteiger partial charge in [-0.2, -0.15) is 0 Å². The number of anilines is 2. The molecule has 1 aliphatic rings. The Kier molecular flexibility index (Phi) is 2.99. The molecule has 2 nitrogen and oxygen atoms in total. The zero-order chi connectivity index (χ0) is 11.7. The standard InChI is InChI=1S/C12H16F2N2/c1-7(6-8-2-3-8)16-12-10(15)5-4-9(13)11(12)14/h4-5,7-8,16H,2-3,6,15H2,1H3. The molecule has 1 atom stereocenters. The fraction of sp³-hybridized carbons (Fsp3) is 0.500. The van der Waals surface area contributed by atoms with Gasteiger partial charge in [0.25, 0.3) is 0 Å². The summed E-state index contributed by atoms with van der Waals surface area (Å²) < 4.78 is 26.5. The summed E-state index contributed by atoms with van der Waals surface area (Å²) in [4.78, 5) is 0. The van der Waals surface area contributed by atoms with Crippen LogP contribution >= 0.6 is 0 Å². The zero-order valence-corrected chi connectivity index (χ0v) is 9.26. The molecule has 1 aromatic carbocycles. The van der Waals surface area contributed by atoms with Crippen molar-refractivity contribution in [3.8, 4) is 0 Å². The van der Waals surface area contributed by atoms with Crippen molar-refractivity contribution in [2.75, 3.05) is 11.1 Å². The van der Waals surface area contributed by atoms with Crippen molar-refractivity contribution in [3.63, 3.8) is 0 Å². The largest absolute Gasteiger partial charge is 0.397 e. The van der Waals surface area contributed by atoms with Gasteiger partial charge in [-0.15, -0.1) is 0 Å². The number of hydrogen-bond acceptors (Lipinski definition) is 2.